The maximum Gasteiger partial charge on any atom is 0.176 e. The Morgan fingerprint density at radius 3 is 2.84 bits per heavy atom. The minimum Gasteiger partial charge on any atom is -0.396 e. The number of hydrogen-bond donors (Lipinski definition) is 1. The number of ketones is 1. The summed E-state index contributed by atoms with van der Waals surface area (Å²) < 4.78 is 0. The molecule has 0 spiro atoms. The molecule has 0 aliphatic heterocycles. The number of aryl methyl sites for hydroxylation is 2. The van der Waals surface area contributed by atoms with Gasteiger partial charge in [0.05, 0.1) is 6.54 Å². The van der Waals surface area contributed by atoms with E-state index < -0.39 is 0 Å². The molecular formula is C16H23NO2. The van der Waals surface area contributed by atoms with Crippen molar-refractivity contribution in [3.05, 3.63) is 34.9 Å². The summed E-state index contributed by atoms with van der Waals surface area (Å²) in [5, 5.41) is 8.86. The summed E-state index contributed by atoms with van der Waals surface area (Å²) in [6, 6.07) is 6.15. The van der Waals surface area contributed by atoms with Gasteiger partial charge in [-0.3, -0.25) is 9.69 Å². The summed E-state index contributed by atoms with van der Waals surface area (Å²) in [6.07, 6.45) is 4.20. The van der Waals surface area contributed by atoms with E-state index in [2.05, 4.69) is 17.0 Å². The number of hydrogen-bond acceptors (Lipinski definition) is 3. The molecule has 0 fully saturated rings. The van der Waals surface area contributed by atoms with Crippen LogP contribution in [-0.4, -0.2) is 42.0 Å². The van der Waals surface area contributed by atoms with Crippen LogP contribution in [0.1, 0.15) is 41.3 Å². The summed E-state index contributed by atoms with van der Waals surface area (Å²) in [7, 11) is 0. The summed E-state index contributed by atoms with van der Waals surface area (Å²) in [5.41, 5.74) is 3.59. The van der Waals surface area contributed by atoms with Gasteiger partial charge in [0, 0.05) is 18.7 Å². The lowest BCUT2D eigenvalue weighted by atomic mass is 10.0. The second-order valence-electron chi connectivity index (χ2n) is 5.21. The van der Waals surface area contributed by atoms with Gasteiger partial charge >= 0.3 is 0 Å². The van der Waals surface area contributed by atoms with E-state index in [0.29, 0.717) is 6.54 Å². The SMILES string of the molecule is CCN(CCCO)CC(=O)c1ccc2c(c1)CCC2. The molecule has 1 N–H and O–H groups in total. The Morgan fingerprint density at radius 2 is 2.11 bits per heavy atom. The van der Waals surface area contributed by atoms with E-state index in [4.69, 9.17) is 5.11 Å². The Morgan fingerprint density at radius 1 is 1.32 bits per heavy atom. The van der Waals surface area contributed by atoms with Crippen LogP contribution in [0.4, 0.5) is 0 Å². The van der Waals surface area contributed by atoms with Gasteiger partial charge in [-0.25, -0.2) is 0 Å². The Labute approximate surface area is 115 Å². The molecule has 19 heavy (non-hydrogen) atoms. The fourth-order valence-corrected chi connectivity index (χ4v) is 2.68. The Kier molecular flexibility index (Phi) is 5.11. The summed E-state index contributed by atoms with van der Waals surface area (Å²) in [5.74, 6) is 0.189. The maximum atomic E-state index is 12.3. The highest BCUT2D eigenvalue weighted by molar-refractivity contribution is 5.97. The first-order valence-corrected chi connectivity index (χ1v) is 7.22. The third kappa shape index (κ3) is 3.64. The van der Waals surface area contributed by atoms with E-state index in [9.17, 15) is 4.79 Å². The quantitative estimate of drug-likeness (QED) is 0.764. The molecule has 0 radical (unpaired) electrons. The van der Waals surface area contributed by atoms with Gasteiger partial charge in [0.1, 0.15) is 0 Å². The van der Waals surface area contributed by atoms with Crippen LogP contribution in [-0.2, 0) is 12.8 Å². The molecule has 3 nitrogen and oxygen atoms in total. The van der Waals surface area contributed by atoms with E-state index in [-0.39, 0.29) is 12.4 Å². The summed E-state index contributed by atoms with van der Waals surface area (Å²) in [4.78, 5) is 14.4. The average Bonchev–Trinajstić information content (AvgIpc) is 2.90. The second kappa shape index (κ2) is 6.83. The molecule has 0 saturated heterocycles. The van der Waals surface area contributed by atoms with Crippen LogP contribution in [0, 0.1) is 0 Å². The number of fused-ring (bicyclic) bond motifs is 1. The summed E-state index contributed by atoms with van der Waals surface area (Å²) in [6.45, 7) is 4.31. The zero-order chi connectivity index (χ0) is 13.7. The molecule has 2 rings (SSSR count). The van der Waals surface area contributed by atoms with Crippen molar-refractivity contribution in [2.75, 3.05) is 26.2 Å². The number of likely N-dealkylation sites (N-methyl/N-ethyl adjacent to an activating group) is 1. The van der Waals surface area contributed by atoms with Gasteiger partial charge in [0.25, 0.3) is 0 Å². The highest BCUT2D eigenvalue weighted by Crippen LogP contribution is 2.23. The lowest BCUT2D eigenvalue weighted by Crippen LogP contribution is -2.31. The number of aliphatic hydroxyl groups excluding tert-OH is 1. The van der Waals surface area contributed by atoms with Gasteiger partial charge in [-0.15, -0.1) is 0 Å². The first-order chi connectivity index (χ1) is 9.24. The zero-order valence-electron chi connectivity index (χ0n) is 11.7. The van der Waals surface area contributed by atoms with Crippen molar-refractivity contribution in [2.45, 2.75) is 32.6 Å². The van der Waals surface area contributed by atoms with Crippen LogP contribution in [0.5, 0.6) is 0 Å². The minimum atomic E-state index is 0.184. The molecule has 1 aliphatic carbocycles. The van der Waals surface area contributed by atoms with E-state index in [1.54, 1.807) is 0 Å². The number of rotatable bonds is 7. The maximum absolute atomic E-state index is 12.3. The van der Waals surface area contributed by atoms with Crippen molar-refractivity contribution in [3.8, 4) is 0 Å². The average molecular weight is 261 g/mol. The molecule has 0 bridgehead atoms. The molecule has 0 amide bonds. The molecule has 0 saturated carbocycles. The first-order valence-electron chi connectivity index (χ1n) is 7.22. The van der Waals surface area contributed by atoms with E-state index in [0.717, 1.165) is 37.9 Å². The van der Waals surface area contributed by atoms with Gasteiger partial charge in [0.2, 0.25) is 0 Å². The van der Waals surface area contributed by atoms with Crippen molar-refractivity contribution in [1.82, 2.24) is 4.90 Å². The van der Waals surface area contributed by atoms with E-state index >= 15 is 0 Å². The molecule has 104 valence electrons. The van der Waals surface area contributed by atoms with Crippen molar-refractivity contribution in [2.24, 2.45) is 0 Å². The fraction of sp³-hybridized carbons (Fsp3) is 0.562. The van der Waals surface area contributed by atoms with Crippen LogP contribution in [0.15, 0.2) is 18.2 Å². The highest BCUT2D eigenvalue weighted by Gasteiger charge is 2.15. The minimum absolute atomic E-state index is 0.184. The fourth-order valence-electron chi connectivity index (χ4n) is 2.68. The number of benzene rings is 1. The molecule has 0 aromatic heterocycles. The number of carbonyl (C=O) groups is 1. The number of nitrogens with zero attached hydrogens (tertiary/aromatic N) is 1. The predicted octanol–water partition coefficient (Wildman–Crippen LogP) is 2.06. The van der Waals surface area contributed by atoms with Gasteiger partial charge in [-0.1, -0.05) is 19.1 Å². The Bertz CT molecular complexity index is 442. The normalized spacial score (nSPS) is 13.8. The Balaban J connectivity index is 1.99. The molecule has 3 heteroatoms. The molecule has 0 unspecified atom stereocenters. The van der Waals surface area contributed by atoms with Gasteiger partial charge in [0.15, 0.2) is 5.78 Å². The monoisotopic (exact) mass is 261 g/mol. The third-order valence-electron chi connectivity index (χ3n) is 3.87. The smallest absolute Gasteiger partial charge is 0.176 e. The van der Waals surface area contributed by atoms with Gasteiger partial charge in [-0.2, -0.15) is 0 Å². The molecule has 1 aliphatic rings. The predicted molar refractivity (Wildman–Crippen MR) is 76.6 cm³/mol. The lowest BCUT2D eigenvalue weighted by Gasteiger charge is -2.19. The van der Waals surface area contributed by atoms with Crippen LogP contribution in [0.25, 0.3) is 0 Å². The van der Waals surface area contributed by atoms with Crippen LogP contribution in [0.3, 0.4) is 0 Å². The zero-order valence-corrected chi connectivity index (χ0v) is 11.7. The van der Waals surface area contributed by atoms with Gasteiger partial charge < -0.3 is 5.11 Å². The van der Waals surface area contributed by atoms with E-state index in [1.165, 1.54) is 17.5 Å². The molecule has 0 heterocycles. The molecule has 1 aromatic carbocycles. The van der Waals surface area contributed by atoms with Crippen molar-refractivity contribution >= 4 is 5.78 Å². The van der Waals surface area contributed by atoms with Gasteiger partial charge in [-0.05, 0) is 49.4 Å². The number of Topliss-reactive ketones (excluding diaryl/α,β-unsaturated/α-hetero) is 1. The van der Waals surface area contributed by atoms with Crippen molar-refractivity contribution < 1.29 is 9.90 Å². The molecule has 0 atom stereocenters. The topological polar surface area (TPSA) is 40.5 Å². The Hall–Kier alpha value is -1.19. The van der Waals surface area contributed by atoms with Crippen LogP contribution >= 0.6 is 0 Å². The number of carbonyl (C=O) groups excluding carboxylic acids is 1. The lowest BCUT2D eigenvalue weighted by molar-refractivity contribution is 0.0928. The largest absolute Gasteiger partial charge is 0.396 e. The molecule has 1 aromatic rings. The summed E-state index contributed by atoms with van der Waals surface area (Å²) >= 11 is 0. The standard InChI is InChI=1S/C16H23NO2/c1-2-17(9-4-10-18)12-16(19)15-8-7-13-5-3-6-14(13)11-15/h7-8,11,18H,2-6,9-10,12H2,1H3. The number of aliphatic hydroxyl groups is 1. The second-order valence-corrected chi connectivity index (χ2v) is 5.21. The molecular weight excluding hydrogens is 238 g/mol. The van der Waals surface area contributed by atoms with Crippen molar-refractivity contribution in [1.29, 1.82) is 0 Å². The first kappa shape index (κ1) is 14.2. The van der Waals surface area contributed by atoms with Crippen LogP contribution < -0.4 is 0 Å². The van der Waals surface area contributed by atoms with Crippen molar-refractivity contribution in [3.63, 3.8) is 0 Å². The van der Waals surface area contributed by atoms with Crippen LogP contribution in [0.2, 0.25) is 0 Å². The third-order valence-corrected chi connectivity index (χ3v) is 3.87. The van der Waals surface area contributed by atoms with E-state index in [1.807, 2.05) is 13.0 Å². The highest BCUT2D eigenvalue weighted by atomic mass is 16.3.